The van der Waals surface area contributed by atoms with E-state index in [2.05, 4.69) is 10.6 Å². The molecule has 2 aromatic rings. The van der Waals surface area contributed by atoms with Crippen molar-refractivity contribution >= 4 is 22.5 Å². The average Bonchev–Trinajstić information content (AvgIpc) is 2.31. The van der Waals surface area contributed by atoms with Crippen molar-refractivity contribution in [3.63, 3.8) is 0 Å². The van der Waals surface area contributed by atoms with Gasteiger partial charge in [0.25, 0.3) is 0 Å². The highest BCUT2D eigenvalue weighted by Crippen LogP contribution is 2.30. The van der Waals surface area contributed by atoms with Crippen molar-refractivity contribution in [2.24, 2.45) is 0 Å². The van der Waals surface area contributed by atoms with Gasteiger partial charge in [0, 0.05) is 16.3 Å². The molecule has 0 bridgehead atoms. The monoisotopic (exact) mass is 258 g/mol. The molecule has 0 aromatic heterocycles. The molecule has 4 nitrogen and oxygen atoms in total. The fourth-order valence-electron chi connectivity index (χ4n) is 1.89. The maximum atomic E-state index is 11.9. The van der Waals surface area contributed by atoms with E-state index in [-0.39, 0.29) is 17.3 Å². The van der Waals surface area contributed by atoms with Crippen LogP contribution in [0.1, 0.15) is 20.8 Å². The van der Waals surface area contributed by atoms with Crippen molar-refractivity contribution in [1.82, 2.24) is 5.32 Å². The number of phenolic OH excluding ortho intramolecular Hbond substituents is 1. The van der Waals surface area contributed by atoms with Gasteiger partial charge in [0.15, 0.2) is 0 Å². The van der Waals surface area contributed by atoms with E-state index in [1.165, 1.54) is 0 Å². The first kappa shape index (κ1) is 13.2. The van der Waals surface area contributed by atoms with Crippen LogP contribution in [0.3, 0.4) is 0 Å². The first-order valence-corrected chi connectivity index (χ1v) is 6.17. The molecule has 0 fully saturated rings. The summed E-state index contributed by atoms with van der Waals surface area (Å²) >= 11 is 0. The number of rotatable bonds is 1. The molecular weight excluding hydrogens is 240 g/mol. The summed E-state index contributed by atoms with van der Waals surface area (Å²) in [6.07, 6.45) is 0. The summed E-state index contributed by atoms with van der Waals surface area (Å²) < 4.78 is 0. The van der Waals surface area contributed by atoms with Crippen LogP contribution < -0.4 is 10.6 Å². The van der Waals surface area contributed by atoms with Crippen molar-refractivity contribution in [1.29, 1.82) is 0 Å². The van der Waals surface area contributed by atoms with Gasteiger partial charge < -0.3 is 15.7 Å². The zero-order valence-electron chi connectivity index (χ0n) is 11.3. The molecular formula is C15H18N2O2. The van der Waals surface area contributed by atoms with E-state index in [9.17, 15) is 9.90 Å². The van der Waals surface area contributed by atoms with Crippen LogP contribution >= 0.6 is 0 Å². The minimum atomic E-state index is -0.295. The third kappa shape index (κ3) is 3.16. The molecule has 0 aliphatic rings. The highest BCUT2D eigenvalue weighted by atomic mass is 16.3. The van der Waals surface area contributed by atoms with Gasteiger partial charge in [-0.1, -0.05) is 24.3 Å². The summed E-state index contributed by atoms with van der Waals surface area (Å²) in [5.74, 6) is 0.206. The molecule has 4 heteroatoms. The Kier molecular flexibility index (Phi) is 3.34. The average molecular weight is 258 g/mol. The van der Waals surface area contributed by atoms with E-state index in [0.717, 1.165) is 10.8 Å². The highest BCUT2D eigenvalue weighted by molar-refractivity contribution is 6.03. The molecule has 0 aliphatic heterocycles. The molecule has 2 amide bonds. The van der Waals surface area contributed by atoms with Gasteiger partial charge in [-0.05, 0) is 32.9 Å². The zero-order valence-corrected chi connectivity index (χ0v) is 11.3. The number of urea groups is 1. The fourth-order valence-corrected chi connectivity index (χ4v) is 1.89. The van der Waals surface area contributed by atoms with Crippen LogP contribution in [-0.2, 0) is 0 Å². The number of amides is 2. The largest absolute Gasteiger partial charge is 0.507 e. The Bertz CT molecular complexity index is 615. The van der Waals surface area contributed by atoms with E-state index in [0.29, 0.717) is 5.69 Å². The molecule has 100 valence electrons. The molecule has 0 saturated carbocycles. The maximum absolute atomic E-state index is 11.9. The molecule has 2 rings (SSSR count). The maximum Gasteiger partial charge on any atom is 0.319 e. The second-order valence-corrected chi connectivity index (χ2v) is 5.51. The van der Waals surface area contributed by atoms with E-state index in [1.54, 1.807) is 12.1 Å². The van der Waals surface area contributed by atoms with Gasteiger partial charge in [0.1, 0.15) is 5.75 Å². The van der Waals surface area contributed by atoms with Crippen LogP contribution in [0.25, 0.3) is 10.8 Å². The molecule has 0 unspecified atom stereocenters. The van der Waals surface area contributed by atoms with E-state index >= 15 is 0 Å². The summed E-state index contributed by atoms with van der Waals surface area (Å²) in [6.45, 7) is 5.75. The normalized spacial score (nSPS) is 11.3. The minimum Gasteiger partial charge on any atom is -0.507 e. The lowest BCUT2D eigenvalue weighted by molar-refractivity contribution is 0.244. The van der Waals surface area contributed by atoms with Gasteiger partial charge >= 0.3 is 6.03 Å². The predicted molar refractivity (Wildman–Crippen MR) is 77.5 cm³/mol. The topological polar surface area (TPSA) is 61.4 Å². The van der Waals surface area contributed by atoms with Crippen LogP contribution in [0.15, 0.2) is 36.4 Å². The second kappa shape index (κ2) is 4.80. The Morgan fingerprint density at radius 2 is 1.68 bits per heavy atom. The number of fused-ring (bicyclic) bond motifs is 1. The van der Waals surface area contributed by atoms with Gasteiger partial charge in [-0.2, -0.15) is 0 Å². The van der Waals surface area contributed by atoms with Crippen LogP contribution in [0, 0.1) is 0 Å². The lowest BCUT2D eigenvalue weighted by Gasteiger charge is -2.21. The Morgan fingerprint density at radius 3 is 2.32 bits per heavy atom. The van der Waals surface area contributed by atoms with Gasteiger partial charge in [0.05, 0.1) is 5.69 Å². The molecule has 2 aromatic carbocycles. The third-order valence-corrected chi connectivity index (χ3v) is 2.64. The van der Waals surface area contributed by atoms with Crippen molar-refractivity contribution < 1.29 is 9.90 Å². The number of benzene rings is 2. The van der Waals surface area contributed by atoms with Gasteiger partial charge in [-0.25, -0.2) is 4.79 Å². The van der Waals surface area contributed by atoms with E-state index in [1.807, 2.05) is 45.0 Å². The van der Waals surface area contributed by atoms with Crippen LogP contribution in [0.4, 0.5) is 10.5 Å². The summed E-state index contributed by atoms with van der Waals surface area (Å²) in [5.41, 5.74) is 0.381. The van der Waals surface area contributed by atoms with Crippen LogP contribution in [0.2, 0.25) is 0 Å². The lowest BCUT2D eigenvalue weighted by Crippen LogP contribution is -2.43. The summed E-state index contributed by atoms with van der Waals surface area (Å²) in [4.78, 5) is 11.9. The lowest BCUT2D eigenvalue weighted by atomic mass is 10.1. The molecule has 3 N–H and O–H groups in total. The van der Waals surface area contributed by atoms with Gasteiger partial charge in [-0.15, -0.1) is 0 Å². The first-order valence-electron chi connectivity index (χ1n) is 6.17. The third-order valence-electron chi connectivity index (χ3n) is 2.64. The van der Waals surface area contributed by atoms with Crippen molar-refractivity contribution in [3.8, 4) is 5.75 Å². The molecule has 0 aliphatic carbocycles. The molecule has 0 atom stereocenters. The Hall–Kier alpha value is -2.23. The molecule has 0 heterocycles. The number of hydrogen-bond donors (Lipinski definition) is 3. The number of hydrogen-bond acceptors (Lipinski definition) is 2. The number of phenols is 1. The number of carbonyl (C=O) groups is 1. The number of carbonyl (C=O) groups excluding carboxylic acids is 1. The summed E-state index contributed by atoms with van der Waals surface area (Å²) in [5, 5.41) is 17.0. The highest BCUT2D eigenvalue weighted by Gasteiger charge is 2.14. The number of nitrogens with one attached hydrogen (secondary N) is 2. The zero-order chi connectivity index (χ0) is 14.0. The number of anilines is 1. The minimum absolute atomic E-state index is 0.206. The van der Waals surface area contributed by atoms with Crippen LogP contribution in [0.5, 0.6) is 5.75 Å². The summed E-state index contributed by atoms with van der Waals surface area (Å²) in [6, 6.07) is 10.4. The van der Waals surface area contributed by atoms with Crippen molar-refractivity contribution in [2.75, 3.05) is 5.32 Å². The van der Waals surface area contributed by atoms with E-state index < -0.39 is 0 Å². The summed E-state index contributed by atoms with van der Waals surface area (Å²) in [7, 11) is 0. The molecule has 0 saturated heterocycles. The van der Waals surface area contributed by atoms with Crippen molar-refractivity contribution in [3.05, 3.63) is 36.4 Å². The van der Waals surface area contributed by atoms with Gasteiger partial charge in [-0.3, -0.25) is 0 Å². The Morgan fingerprint density at radius 1 is 1.05 bits per heavy atom. The fraction of sp³-hybridized carbons (Fsp3) is 0.267. The molecule has 0 spiro atoms. The quantitative estimate of drug-likeness (QED) is 0.686. The van der Waals surface area contributed by atoms with E-state index in [4.69, 9.17) is 0 Å². The molecule has 19 heavy (non-hydrogen) atoms. The Labute approximate surface area is 112 Å². The standard InChI is InChI=1S/C15H18N2O2/c1-15(2,3)17-14(19)16-12-8-9-13(18)11-7-5-4-6-10(11)12/h4-9,18H,1-3H3,(H2,16,17,19). The Balaban J connectivity index is 2.31. The van der Waals surface area contributed by atoms with Crippen LogP contribution in [-0.4, -0.2) is 16.7 Å². The van der Waals surface area contributed by atoms with Gasteiger partial charge in [0.2, 0.25) is 0 Å². The van der Waals surface area contributed by atoms with Crippen molar-refractivity contribution in [2.45, 2.75) is 26.3 Å². The number of aromatic hydroxyl groups is 1. The second-order valence-electron chi connectivity index (χ2n) is 5.51. The smallest absolute Gasteiger partial charge is 0.319 e. The predicted octanol–water partition coefficient (Wildman–Crippen LogP) is 3.47. The first-order chi connectivity index (χ1) is 8.87. The SMILES string of the molecule is CC(C)(C)NC(=O)Nc1ccc(O)c2ccccc12. The molecule has 0 radical (unpaired) electrons.